The second-order valence-electron chi connectivity index (χ2n) is 10.8. The highest BCUT2D eigenvalue weighted by Gasteiger charge is 2.70. The second kappa shape index (κ2) is 20.0. The van der Waals surface area contributed by atoms with Gasteiger partial charge in [-0.1, -0.05) is 70.4 Å². The van der Waals surface area contributed by atoms with Crippen molar-refractivity contribution in [3.63, 3.8) is 0 Å². The van der Waals surface area contributed by atoms with Crippen molar-refractivity contribution in [2.75, 3.05) is 19.8 Å². The SMILES string of the molecule is CCCCCC[C@@H](O)/C=C/[C@@H](CCCCCC[C@H](CCO)C(=O)O)[C@](CCO)(C(=O)O)[C@@](CCO)(C(=O)O)S(=O)(=O)O. The summed E-state index contributed by atoms with van der Waals surface area (Å²) in [5.74, 6) is -7.28. The van der Waals surface area contributed by atoms with Crippen LogP contribution in [0.1, 0.15) is 96.8 Å². The van der Waals surface area contributed by atoms with Crippen LogP contribution in [0.4, 0.5) is 0 Å². The molecule has 0 saturated carbocycles. The largest absolute Gasteiger partial charge is 0.481 e. The van der Waals surface area contributed by atoms with Crippen LogP contribution in [0.5, 0.6) is 0 Å². The molecule has 0 spiro atoms. The Balaban J connectivity index is 6.47. The van der Waals surface area contributed by atoms with E-state index in [1.807, 2.05) is 6.92 Å². The maximum absolute atomic E-state index is 12.9. The highest BCUT2D eigenvalue weighted by Crippen LogP contribution is 2.51. The van der Waals surface area contributed by atoms with Gasteiger partial charge in [0.15, 0.2) is 0 Å². The first-order chi connectivity index (χ1) is 19.7. The van der Waals surface area contributed by atoms with Gasteiger partial charge in [-0.05, 0) is 38.0 Å². The smallest absolute Gasteiger partial charge is 0.328 e. The molecule has 0 aliphatic heterocycles. The molecule has 5 atom stereocenters. The molecule has 0 fully saturated rings. The van der Waals surface area contributed by atoms with E-state index in [9.17, 15) is 58.0 Å². The van der Waals surface area contributed by atoms with E-state index >= 15 is 0 Å². The van der Waals surface area contributed by atoms with E-state index in [0.717, 1.165) is 19.3 Å². The molecule has 42 heavy (non-hydrogen) atoms. The number of unbranched alkanes of at least 4 members (excludes halogenated alkanes) is 6. The van der Waals surface area contributed by atoms with E-state index in [-0.39, 0.29) is 25.9 Å². The first-order valence-electron chi connectivity index (χ1n) is 14.6. The van der Waals surface area contributed by atoms with Crippen LogP contribution in [0, 0.1) is 17.3 Å². The van der Waals surface area contributed by atoms with Crippen LogP contribution in [0.3, 0.4) is 0 Å². The molecule has 13 nitrogen and oxygen atoms in total. The lowest BCUT2D eigenvalue weighted by molar-refractivity contribution is -0.166. The molecule has 0 radical (unpaired) electrons. The number of rotatable bonds is 26. The third-order valence-corrected chi connectivity index (χ3v) is 9.68. The Morgan fingerprint density at radius 2 is 1.26 bits per heavy atom. The number of hydrogen-bond acceptors (Lipinski definition) is 9. The number of carbonyl (C=O) groups is 3. The highest BCUT2D eigenvalue weighted by molar-refractivity contribution is 7.88. The van der Waals surface area contributed by atoms with E-state index in [1.54, 1.807) is 0 Å². The number of aliphatic hydroxyl groups is 4. The zero-order chi connectivity index (χ0) is 32.4. The lowest BCUT2D eigenvalue weighted by atomic mass is 9.61. The van der Waals surface area contributed by atoms with Gasteiger partial charge in [-0.15, -0.1) is 0 Å². The summed E-state index contributed by atoms with van der Waals surface area (Å²) in [5, 5.41) is 68.9. The third kappa shape index (κ3) is 10.9. The molecule has 0 amide bonds. The van der Waals surface area contributed by atoms with Gasteiger partial charge in [-0.25, -0.2) is 0 Å². The van der Waals surface area contributed by atoms with E-state index in [4.69, 9.17) is 5.11 Å². The van der Waals surface area contributed by atoms with Crippen LogP contribution in [0.15, 0.2) is 12.2 Å². The van der Waals surface area contributed by atoms with Crippen LogP contribution in [0.2, 0.25) is 0 Å². The Kier molecular flexibility index (Phi) is 19.0. The Bertz CT molecular complexity index is 951. The van der Waals surface area contributed by atoms with Crippen LogP contribution in [-0.2, 0) is 24.5 Å². The monoisotopic (exact) mass is 626 g/mol. The molecule has 0 aromatic rings. The summed E-state index contributed by atoms with van der Waals surface area (Å²) >= 11 is 0. The standard InChI is InChI=1S/C28H50O13S/c1-2-3-4-9-12-23(32)14-13-22(11-8-6-5-7-10-21(15-18-29)24(33)34)27(16-19-30,25(35)36)28(17-20-31,26(37)38)42(39,40)41/h13-14,21-23,29-32H,2-12,15-20H2,1H3,(H,33,34)(H,35,36)(H,37,38)(H,39,40,41)/b14-13+/t21-,22-,23-,27-,28-/m1/s1. The number of hydrogen-bond donors (Lipinski definition) is 8. The van der Waals surface area contributed by atoms with E-state index in [1.165, 1.54) is 12.2 Å². The van der Waals surface area contributed by atoms with E-state index < -0.39 is 82.2 Å². The fourth-order valence-corrected chi connectivity index (χ4v) is 7.12. The molecule has 0 rings (SSSR count). The van der Waals surface area contributed by atoms with Crippen molar-refractivity contribution in [1.82, 2.24) is 0 Å². The predicted molar refractivity (Wildman–Crippen MR) is 153 cm³/mol. The summed E-state index contributed by atoms with van der Waals surface area (Å²) in [6.07, 6.45) is 5.06. The quantitative estimate of drug-likeness (QED) is 0.0391. The minimum absolute atomic E-state index is 0.100. The minimum atomic E-state index is -5.70. The molecule has 14 heteroatoms. The van der Waals surface area contributed by atoms with Crippen molar-refractivity contribution in [3.05, 3.63) is 12.2 Å². The molecule has 0 bridgehead atoms. The van der Waals surface area contributed by atoms with Gasteiger partial charge in [-0.2, -0.15) is 8.42 Å². The van der Waals surface area contributed by atoms with Crippen molar-refractivity contribution in [2.45, 2.75) is 108 Å². The van der Waals surface area contributed by atoms with Gasteiger partial charge in [-0.3, -0.25) is 18.9 Å². The lowest BCUT2D eigenvalue weighted by Gasteiger charge is -2.46. The zero-order valence-electron chi connectivity index (χ0n) is 24.4. The molecule has 0 aliphatic carbocycles. The fourth-order valence-electron chi connectivity index (χ4n) is 5.75. The third-order valence-electron chi connectivity index (χ3n) is 8.05. The normalized spacial score (nSPS) is 17.3. The number of aliphatic hydroxyl groups excluding tert-OH is 4. The van der Waals surface area contributed by atoms with Crippen LogP contribution < -0.4 is 0 Å². The topological polar surface area (TPSA) is 247 Å². The van der Waals surface area contributed by atoms with Gasteiger partial charge in [0.05, 0.1) is 12.0 Å². The molecule has 246 valence electrons. The summed E-state index contributed by atoms with van der Waals surface area (Å²) in [7, 11) is -5.70. The molecule has 8 N–H and O–H groups in total. The van der Waals surface area contributed by atoms with E-state index in [0.29, 0.717) is 38.5 Å². The zero-order valence-corrected chi connectivity index (χ0v) is 25.3. The average Bonchev–Trinajstić information content (AvgIpc) is 2.90. The summed E-state index contributed by atoms with van der Waals surface area (Å²) in [4.78, 5) is 36.8. The Morgan fingerprint density at radius 3 is 1.71 bits per heavy atom. The second-order valence-corrected chi connectivity index (χ2v) is 12.4. The predicted octanol–water partition coefficient (Wildman–Crippen LogP) is 2.46. The molecule has 0 heterocycles. The maximum Gasteiger partial charge on any atom is 0.328 e. The maximum atomic E-state index is 12.9. The van der Waals surface area contributed by atoms with Gasteiger partial charge in [0.25, 0.3) is 10.1 Å². The molecular weight excluding hydrogens is 576 g/mol. The van der Waals surface area contributed by atoms with Crippen molar-refractivity contribution in [2.24, 2.45) is 17.3 Å². The fraction of sp³-hybridized carbons (Fsp3) is 0.821. The van der Waals surface area contributed by atoms with Crippen molar-refractivity contribution in [1.29, 1.82) is 0 Å². The lowest BCUT2D eigenvalue weighted by Crippen LogP contribution is -2.66. The Morgan fingerprint density at radius 1 is 0.714 bits per heavy atom. The Labute approximate surface area is 248 Å². The minimum Gasteiger partial charge on any atom is -0.481 e. The molecule has 0 aromatic carbocycles. The van der Waals surface area contributed by atoms with Crippen LogP contribution >= 0.6 is 0 Å². The van der Waals surface area contributed by atoms with Gasteiger partial charge < -0.3 is 35.7 Å². The first kappa shape index (κ1) is 39.9. The Hall–Kier alpha value is -2.10. The molecule has 0 aromatic heterocycles. The number of carboxylic acid groups (broad SMARTS) is 3. The number of aliphatic carboxylic acids is 3. The highest BCUT2D eigenvalue weighted by atomic mass is 32.2. The van der Waals surface area contributed by atoms with Crippen molar-refractivity contribution in [3.8, 4) is 0 Å². The van der Waals surface area contributed by atoms with Crippen LogP contribution in [0.25, 0.3) is 0 Å². The van der Waals surface area contributed by atoms with Crippen molar-refractivity contribution < 1.29 is 63.1 Å². The van der Waals surface area contributed by atoms with Gasteiger partial charge in [0.1, 0.15) is 5.41 Å². The molecule has 0 unspecified atom stereocenters. The summed E-state index contributed by atoms with van der Waals surface area (Å²) < 4.78 is 32.2. The summed E-state index contributed by atoms with van der Waals surface area (Å²) in [6, 6.07) is 0. The molecular formula is C28H50O13S. The van der Waals surface area contributed by atoms with Gasteiger partial charge in [0.2, 0.25) is 4.75 Å². The van der Waals surface area contributed by atoms with Crippen LogP contribution in [-0.4, -0.2) is 97.3 Å². The number of carboxylic acids is 3. The molecule has 0 aliphatic rings. The van der Waals surface area contributed by atoms with Gasteiger partial charge >= 0.3 is 17.9 Å². The molecule has 0 saturated heterocycles. The first-order valence-corrected chi connectivity index (χ1v) is 16.0. The summed E-state index contributed by atoms with van der Waals surface area (Å²) in [6.45, 7) is -0.302. The number of allylic oxidation sites excluding steroid dienone is 1. The van der Waals surface area contributed by atoms with Gasteiger partial charge in [0, 0.05) is 26.2 Å². The van der Waals surface area contributed by atoms with Crippen molar-refractivity contribution >= 4 is 28.0 Å². The average molecular weight is 627 g/mol. The summed E-state index contributed by atoms with van der Waals surface area (Å²) in [5.41, 5.74) is -2.84. The van der Waals surface area contributed by atoms with E-state index in [2.05, 4.69) is 0 Å².